The van der Waals surface area contributed by atoms with Crippen LogP contribution in [0.25, 0.3) is 11.6 Å². The summed E-state index contributed by atoms with van der Waals surface area (Å²) >= 11 is 1.41. The highest BCUT2D eigenvalue weighted by Gasteiger charge is 2.19. The molecule has 0 fully saturated rings. The maximum absolute atomic E-state index is 11.6. The van der Waals surface area contributed by atoms with Crippen molar-refractivity contribution >= 4 is 29.0 Å². The monoisotopic (exact) mass is 392 g/mol. The Kier molecular flexibility index (Phi) is 5.71. The molecule has 1 heterocycles. The average molecular weight is 393 g/mol. The summed E-state index contributed by atoms with van der Waals surface area (Å²) in [5, 5.41) is 11.4. The maximum Gasteiger partial charge on any atom is 0.337 e. The topological polar surface area (TPSA) is 46.5 Å². The van der Waals surface area contributed by atoms with Gasteiger partial charge in [0.2, 0.25) is 0 Å². The van der Waals surface area contributed by atoms with E-state index in [4.69, 9.17) is 4.74 Å². The SMILES string of the molecule is Cc1ccc(Oc2ccc(/C=C(/C(=O)O)c3cccs3)cc2)c(C(C)(C)C)c1. The van der Waals surface area contributed by atoms with Crippen LogP contribution in [0.3, 0.4) is 0 Å². The van der Waals surface area contributed by atoms with Gasteiger partial charge < -0.3 is 9.84 Å². The zero-order valence-electron chi connectivity index (χ0n) is 16.5. The molecule has 1 aromatic heterocycles. The number of hydrogen-bond donors (Lipinski definition) is 1. The van der Waals surface area contributed by atoms with E-state index in [1.54, 1.807) is 6.08 Å². The van der Waals surface area contributed by atoms with E-state index in [-0.39, 0.29) is 11.0 Å². The van der Waals surface area contributed by atoms with E-state index < -0.39 is 5.97 Å². The van der Waals surface area contributed by atoms with Crippen molar-refractivity contribution in [2.45, 2.75) is 33.1 Å². The van der Waals surface area contributed by atoms with Gasteiger partial charge in [0.25, 0.3) is 0 Å². The van der Waals surface area contributed by atoms with Crippen LogP contribution < -0.4 is 4.74 Å². The lowest BCUT2D eigenvalue weighted by molar-refractivity contribution is -0.130. The number of rotatable bonds is 5. The third-order valence-corrected chi connectivity index (χ3v) is 5.28. The van der Waals surface area contributed by atoms with E-state index in [2.05, 4.69) is 33.8 Å². The van der Waals surface area contributed by atoms with Crippen LogP contribution in [-0.4, -0.2) is 11.1 Å². The predicted molar refractivity (Wildman–Crippen MR) is 116 cm³/mol. The molecule has 0 aliphatic carbocycles. The molecule has 4 heteroatoms. The third kappa shape index (κ3) is 4.70. The van der Waals surface area contributed by atoms with Gasteiger partial charge in [-0.2, -0.15) is 0 Å². The van der Waals surface area contributed by atoms with Crippen LogP contribution in [0.5, 0.6) is 11.5 Å². The van der Waals surface area contributed by atoms with Crippen LogP contribution >= 0.6 is 11.3 Å². The summed E-state index contributed by atoms with van der Waals surface area (Å²) in [5.41, 5.74) is 3.44. The Morgan fingerprint density at radius 3 is 2.36 bits per heavy atom. The lowest BCUT2D eigenvalue weighted by atomic mass is 9.85. The van der Waals surface area contributed by atoms with Gasteiger partial charge >= 0.3 is 5.97 Å². The first kappa shape index (κ1) is 19.9. The highest BCUT2D eigenvalue weighted by molar-refractivity contribution is 7.11. The molecule has 0 aliphatic rings. The molecule has 28 heavy (non-hydrogen) atoms. The lowest BCUT2D eigenvalue weighted by Crippen LogP contribution is -2.12. The highest BCUT2D eigenvalue weighted by Crippen LogP contribution is 2.35. The fraction of sp³-hybridized carbons (Fsp3) is 0.208. The Balaban J connectivity index is 1.86. The van der Waals surface area contributed by atoms with E-state index in [0.29, 0.717) is 0 Å². The minimum absolute atomic E-state index is 0.0267. The number of carbonyl (C=O) groups is 1. The number of carboxylic acid groups (broad SMARTS) is 1. The zero-order valence-corrected chi connectivity index (χ0v) is 17.3. The van der Waals surface area contributed by atoms with Gasteiger partial charge in [0.1, 0.15) is 11.5 Å². The van der Waals surface area contributed by atoms with E-state index in [9.17, 15) is 9.90 Å². The number of benzene rings is 2. The van der Waals surface area contributed by atoms with Gasteiger partial charge in [-0.15, -0.1) is 11.3 Å². The summed E-state index contributed by atoms with van der Waals surface area (Å²) < 4.78 is 6.14. The molecule has 3 rings (SSSR count). The number of thiophene rings is 1. The van der Waals surface area contributed by atoms with Crippen molar-refractivity contribution in [3.05, 3.63) is 81.5 Å². The van der Waals surface area contributed by atoms with Crippen molar-refractivity contribution in [1.82, 2.24) is 0 Å². The number of hydrogen-bond acceptors (Lipinski definition) is 3. The standard InChI is InChI=1S/C24H24O3S/c1-16-7-12-21(20(14-16)24(2,3)4)27-18-10-8-17(9-11-18)15-19(23(25)26)22-6-5-13-28-22/h5-15H,1-4H3,(H,25,26)/b19-15+. The van der Waals surface area contributed by atoms with Crippen molar-refractivity contribution in [1.29, 1.82) is 0 Å². The number of ether oxygens (including phenoxy) is 1. The molecule has 0 atom stereocenters. The first-order chi connectivity index (χ1) is 13.2. The Morgan fingerprint density at radius 1 is 1.07 bits per heavy atom. The molecular weight excluding hydrogens is 368 g/mol. The molecule has 1 N–H and O–H groups in total. The second kappa shape index (κ2) is 8.03. The van der Waals surface area contributed by atoms with Gasteiger partial charge in [0, 0.05) is 10.4 Å². The van der Waals surface area contributed by atoms with E-state index in [1.807, 2.05) is 53.9 Å². The summed E-state index contributed by atoms with van der Waals surface area (Å²) in [7, 11) is 0. The summed E-state index contributed by atoms with van der Waals surface area (Å²) in [6.07, 6.45) is 1.68. The fourth-order valence-electron chi connectivity index (χ4n) is 2.91. The van der Waals surface area contributed by atoms with Crippen molar-refractivity contribution in [2.24, 2.45) is 0 Å². The van der Waals surface area contributed by atoms with Crippen LogP contribution in [0.4, 0.5) is 0 Å². The van der Waals surface area contributed by atoms with Gasteiger partial charge in [0.05, 0.1) is 5.57 Å². The summed E-state index contributed by atoms with van der Waals surface area (Å²) in [4.78, 5) is 12.3. The van der Waals surface area contributed by atoms with Gasteiger partial charge in [0.15, 0.2) is 0 Å². The minimum atomic E-state index is -0.933. The second-order valence-corrected chi connectivity index (χ2v) is 8.71. The van der Waals surface area contributed by atoms with Gasteiger partial charge in [-0.25, -0.2) is 4.79 Å². The predicted octanol–water partition coefficient (Wildman–Crippen LogP) is 6.77. The van der Waals surface area contributed by atoms with E-state index >= 15 is 0 Å². The van der Waals surface area contributed by atoms with Gasteiger partial charge in [-0.3, -0.25) is 0 Å². The highest BCUT2D eigenvalue weighted by atomic mass is 32.1. The Hall–Kier alpha value is -2.85. The molecule has 0 amide bonds. The van der Waals surface area contributed by atoms with Crippen molar-refractivity contribution in [2.75, 3.05) is 0 Å². The molecule has 0 saturated carbocycles. The fourth-order valence-corrected chi connectivity index (χ4v) is 3.65. The van der Waals surface area contributed by atoms with Gasteiger partial charge in [-0.1, -0.05) is 56.7 Å². The van der Waals surface area contributed by atoms with Crippen LogP contribution in [0.15, 0.2) is 60.0 Å². The molecular formula is C24H24O3S. The van der Waals surface area contributed by atoms with Crippen LogP contribution in [0.2, 0.25) is 0 Å². The number of carboxylic acids is 1. The Labute approximate surface area is 169 Å². The summed E-state index contributed by atoms with van der Waals surface area (Å²) in [6, 6.07) is 17.3. The first-order valence-electron chi connectivity index (χ1n) is 9.12. The van der Waals surface area contributed by atoms with Crippen molar-refractivity contribution in [3.63, 3.8) is 0 Å². The van der Waals surface area contributed by atoms with Crippen LogP contribution in [0.1, 0.15) is 42.3 Å². The average Bonchev–Trinajstić information content (AvgIpc) is 3.15. The smallest absolute Gasteiger partial charge is 0.337 e. The zero-order chi connectivity index (χ0) is 20.3. The largest absolute Gasteiger partial charge is 0.478 e. The molecule has 2 aromatic carbocycles. The molecule has 0 radical (unpaired) electrons. The molecule has 0 spiro atoms. The summed E-state index contributed by atoms with van der Waals surface area (Å²) in [5.74, 6) is 0.628. The molecule has 3 nitrogen and oxygen atoms in total. The minimum Gasteiger partial charge on any atom is -0.478 e. The number of aryl methyl sites for hydroxylation is 1. The van der Waals surface area contributed by atoms with Gasteiger partial charge in [-0.05, 0) is 53.6 Å². The Morgan fingerprint density at radius 2 is 1.79 bits per heavy atom. The molecule has 0 saturated heterocycles. The first-order valence-corrected chi connectivity index (χ1v) is 10.00. The van der Waals surface area contributed by atoms with Crippen LogP contribution in [-0.2, 0) is 10.2 Å². The third-order valence-electron chi connectivity index (χ3n) is 4.38. The molecule has 0 unspecified atom stereocenters. The Bertz CT molecular complexity index is 991. The van der Waals surface area contributed by atoms with Crippen molar-refractivity contribution < 1.29 is 14.6 Å². The summed E-state index contributed by atoms with van der Waals surface area (Å²) in [6.45, 7) is 8.58. The second-order valence-electron chi connectivity index (χ2n) is 7.76. The number of aliphatic carboxylic acids is 1. The van der Waals surface area contributed by atoms with Crippen LogP contribution in [0, 0.1) is 6.92 Å². The van der Waals surface area contributed by atoms with E-state index in [1.165, 1.54) is 16.9 Å². The quantitative estimate of drug-likeness (QED) is 0.487. The molecule has 0 aliphatic heterocycles. The van der Waals surface area contributed by atoms with E-state index in [0.717, 1.165) is 27.5 Å². The molecule has 144 valence electrons. The molecule has 3 aromatic rings. The lowest BCUT2D eigenvalue weighted by Gasteiger charge is -2.23. The normalized spacial score (nSPS) is 12.1. The maximum atomic E-state index is 11.6. The van der Waals surface area contributed by atoms with Crippen molar-refractivity contribution in [3.8, 4) is 11.5 Å². The molecule has 0 bridgehead atoms.